The van der Waals surface area contributed by atoms with Gasteiger partial charge in [-0.05, 0) is 47.8 Å². The van der Waals surface area contributed by atoms with Crippen LogP contribution in [0.1, 0.15) is 21.6 Å². The van der Waals surface area contributed by atoms with Gasteiger partial charge in [-0.2, -0.15) is 0 Å². The standard InChI is InChI=1S/C14H16BrNOS/c1-8-6-9(2)12(10(3)7-8)14-16-13(15)11(18-14)4-5-17/h6-7,17H,4-5H2,1-3H3. The lowest BCUT2D eigenvalue weighted by molar-refractivity contribution is 0.300. The number of hydrogen-bond acceptors (Lipinski definition) is 3. The first kappa shape index (κ1) is 13.7. The fraction of sp³-hybridized carbons (Fsp3) is 0.357. The first-order valence-corrected chi connectivity index (χ1v) is 7.48. The Labute approximate surface area is 120 Å². The van der Waals surface area contributed by atoms with Crippen LogP contribution in [0.4, 0.5) is 0 Å². The zero-order valence-corrected chi connectivity index (χ0v) is 13.2. The topological polar surface area (TPSA) is 33.1 Å². The van der Waals surface area contributed by atoms with Gasteiger partial charge < -0.3 is 5.11 Å². The summed E-state index contributed by atoms with van der Waals surface area (Å²) in [6, 6.07) is 4.37. The van der Waals surface area contributed by atoms with Crippen LogP contribution in [-0.4, -0.2) is 16.7 Å². The van der Waals surface area contributed by atoms with E-state index in [2.05, 4.69) is 53.8 Å². The Morgan fingerprint density at radius 1 is 1.22 bits per heavy atom. The van der Waals surface area contributed by atoms with E-state index >= 15 is 0 Å². The van der Waals surface area contributed by atoms with E-state index in [0.717, 1.165) is 14.5 Å². The Kier molecular flexibility index (Phi) is 4.20. The minimum Gasteiger partial charge on any atom is -0.396 e. The van der Waals surface area contributed by atoms with E-state index in [1.165, 1.54) is 22.3 Å². The van der Waals surface area contributed by atoms with Gasteiger partial charge in [0.05, 0.1) is 0 Å². The second-order valence-corrected chi connectivity index (χ2v) is 6.32. The van der Waals surface area contributed by atoms with Crippen LogP contribution < -0.4 is 0 Å². The van der Waals surface area contributed by atoms with E-state index in [-0.39, 0.29) is 6.61 Å². The monoisotopic (exact) mass is 325 g/mol. The van der Waals surface area contributed by atoms with Crippen molar-refractivity contribution in [2.45, 2.75) is 27.2 Å². The van der Waals surface area contributed by atoms with Crippen molar-refractivity contribution in [3.63, 3.8) is 0 Å². The van der Waals surface area contributed by atoms with E-state index in [9.17, 15) is 0 Å². The fourth-order valence-corrected chi connectivity index (χ4v) is 4.07. The number of benzene rings is 1. The van der Waals surface area contributed by atoms with Gasteiger partial charge in [0.25, 0.3) is 0 Å². The molecule has 0 spiro atoms. The molecule has 0 aliphatic carbocycles. The quantitative estimate of drug-likeness (QED) is 0.924. The number of nitrogens with zero attached hydrogens (tertiary/aromatic N) is 1. The van der Waals surface area contributed by atoms with Gasteiger partial charge in [0.1, 0.15) is 9.61 Å². The predicted octanol–water partition coefficient (Wildman–Crippen LogP) is 4.03. The first-order valence-electron chi connectivity index (χ1n) is 5.87. The van der Waals surface area contributed by atoms with Crippen LogP contribution in [0.3, 0.4) is 0 Å². The summed E-state index contributed by atoms with van der Waals surface area (Å²) < 4.78 is 0.857. The van der Waals surface area contributed by atoms with E-state index in [1.807, 2.05) is 0 Å². The van der Waals surface area contributed by atoms with Crippen LogP contribution in [0.15, 0.2) is 16.7 Å². The number of aliphatic hydroxyl groups is 1. The number of thiazole rings is 1. The Balaban J connectivity index is 2.52. The minimum absolute atomic E-state index is 0.159. The van der Waals surface area contributed by atoms with Crippen molar-refractivity contribution in [3.05, 3.63) is 38.3 Å². The number of halogens is 1. The average molecular weight is 326 g/mol. The molecule has 0 radical (unpaired) electrons. The number of aryl methyl sites for hydroxylation is 3. The molecule has 0 aliphatic heterocycles. The molecule has 0 fully saturated rings. The van der Waals surface area contributed by atoms with Gasteiger partial charge in [-0.15, -0.1) is 11.3 Å². The molecule has 0 bridgehead atoms. The molecule has 0 atom stereocenters. The molecule has 4 heteroatoms. The largest absolute Gasteiger partial charge is 0.396 e. The lowest BCUT2D eigenvalue weighted by Crippen LogP contribution is -1.89. The second kappa shape index (κ2) is 5.51. The van der Waals surface area contributed by atoms with Crippen LogP contribution in [0.25, 0.3) is 10.6 Å². The maximum absolute atomic E-state index is 9.03. The Morgan fingerprint density at radius 3 is 2.39 bits per heavy atom. The molecule has 1 aromatic heterocycles. The van der Waals surface area contributed by atoms with Crippen molar-refractivity contribution in [2.24, 2.45) is 0 Å². The van der Waals surface area contributed by atoms with Gasteiger partial charge in [-0.3, -0.25) is 0 Å². The molecule has 0 saturated carbocycles. The molecular formula is C14H16BrNOS. The third kappa shape index (κ3) is 2.66. The molecule has 2 aromatic rings. The molecule has 2 nitrogen and oxygen atoms in total. The van der Waals surface area contributed by atoms with Crippen LogP contribution in [0.5, 0.6) is 0 Å². The van der Waals surface area contributed by atoms with Gasteiger partial charge in [0.2, 0.25) is 0 Å². The van der Waals surface area contributed by atoms with Gasteiger partial charge >= 0.3 is 0 Å². The van der Waals surface area contributed by atoms with Crippen molar-refractivity contribution < 1.29 is 5.11 Å². The molecule has 1 N–H and O–H groups in total. The molecule has 96 valence electrons. The zero-order chi connectivity index (χ0) is 13.3. The summed E-state index contributed by atoms with van der Waals surface area (Å²) in [5.41, 5.74) is 5.00. The van der Waals surface area contributed by atoms with Gasteiger partial charge in [-0.1, -0.05) is 17.7 Å². The van der Waals surface area contributed by atoms with Crippen molar-refractivity contribution >= 4 is 27.3 Å². The number of aliphatic hydroxyl groups excluding tert-OH is 1. The summed E-state index contributed by atoms with van der Waals surface area (Å²) in [6.07, 6.45) is 0.655. The molecule has 0 unspecified atom stereocenters. The van der Waals surface area contributed by atoms with Crippen molar-refractivity contribution in [1.82, 2.24) is 4.98 Å². The highest BCUT2D eigenvalue weighted by molar-refractivity contribution is 9.10. The van der Waals surface area contributed by atoms with Crippen LogP contribution >= 0.6 is 27.3 Å². The number of hydrogen-bond donors (Lipinski definition) is 1. The average Bonchev–Trinajstić information content (AvgIpc) is 2.59. The minimum atomic E-state index is 0.159. The highest BCUT2D eigenvalue weighted by Crippen LogP contribution is 2.35. The van der Waals surface area contributed by atoms with Gasteiger partial charge in [-0.25, -0.2) is 4.98 Å². The predicted molar refractivity (Wildman–Crippen MR) is 80.3 cm³/mol. The van der Waals surface area contributed by atoms with Crippen LogP contribution in [0.2, 0.25) is 0 Å². The number of rotatable bonds is 3. The first-order chi connectivity index (χ1) is 8.52. The third-order valence-electron chi connectivity index (χ3n) is 2.88. The third-order valence-corrected chi connectivity index (χ3v) is 4.93. The maximum Gasteiger partial charge on any atom is 0.125 e. The summed E-state index contributed by atoms with van der Waals surface area (Å²) in [5.74, 6) is 0. The lowest BCUT2D eigenvalue weighted by atomic mass is 10.0. The van der Waals surface area contributed by atoms with Crippen molar-refractivity contribution in [2.75, 3.05) is 6.61 Å². The Morgan fingerprint density at radius 2 is 1.83 bits per heavy atom. The summed E-state index contributed by atoms with van der Waals surface area (Å²) in [4.78, 5) is 5.68. The molecule has 1 aromatic carbocycles. The zero-order valence-electron chi connectivity index (χ0n) is 10.7. The summed E-state index contributed by atoms with van der Waals surface area (Å²) in [7, 11) is 0. The van der Waals surface area contributed by atoms with Crippen LogP contribution in [-0.2, 0) is 6.42 Å². The fourth-order valence-electron chi connectivity index (χ4n) is 2.21. The molecule has 0 saturated heterocycles. The van der Waals surface area contributed by atoms with Gasteiger partial charge in [0.15, 0.2) is 0 Å². The molecule has 1 heterocycles. The van der Waals surface area contributed by atoms with Crippen molar-refractivity contribution in [3.8, 4) is 10.6 Å². The smallest absolute Gasteiger partial charge is 0.125 e. The maximum atomic E-state index is 9.03. The Hall–Kier alpha value is -0.710. The molecule has 0 aliphatic rings. The molecule has 2 rings (SSSR count). The highest BCUT2D eigenvalue weighted by Gasteiger charge is 2.14. The SMILES string of the molecule is Cc1cc(C)c(-c2nc(Br)c(CCO)s2)c(C)c1. The van der Waals surface area contributed by atoms with E-state index in [1.54, 1.807) is 11.3 Å². The summed E-state index contributed by atoms with van der Waals surface area (Å²) >= 11 is 5.12. The van der Waals surface area contributed by atoms with E-state index in [0.29, 0.717) is 6.42 Å². The molecule has 0 amide bonds. The van der Waals surface area contributed by atoms with Crippen LogP contribution in [0, 0.1) is 20.8 Å². The van der Waals surface area contributed by atoms with Crippen molar-refractivity contribution in [1.29, 1.82) is 0 Å². The normalized spacial score (nSPS) is 10.9. The van der Waals surface area contributed by atoms with E-state index < -0.39 is 0 Å². The van der Waals surface area contributed by atoms with E-state index in [4.69, 9.17) is 5.11 Å². The Bertz CT molecular complexity index is 554. The summed E-state index contributed by atoms with van der Waals surface area (Å²) in [6.45, 7) is 6.51. The highest BCUT2D eigenvalue weighted by atomic mass is 79.9. The lowest BCUT2D eigenvalue weighted by Gasteiger charge is -2.08. The number of aromatic nitrogens is 1. The van der Waals surface area contributed by atoms with Gasteiger partial charge in [0, 0.05) is 23.5 Å². The second-order valence-electron chi connectivity index (χ2n) is 4.48. The summed E-state index contributed by atoms with van der Waals surface area (Å²) in [5, 5.41) is 10.1. The molecular weight excluding hydrogens is 310 g/mol. The molecule has 18 heavy (non-hydrogen) atoms.